The summed E-state index contributed by atoms with van der Waals surface area (Å²) in [5.74, 6) is 0. The molecule has 0 aromatic carbocycles. The fourth-order valence-electron chi connectivity index (χ4n) is 0.983. The van der Waals surface area contributed by atoms with Crippen LogP contribution in [0, 0.1) is 9.54 Å². The maximum atomic E-state index is 10.5. The monoisotopic (exact) mass is 341 g/mol. The summed E-state index contributed by atoms with van der Waals surface area (Å²) in [5, 5.41) is 4.44. The summed E-state index contributed by atoms with van der Waals surface area (Å²) in [4.78, 5) is 46.4. The average molecular weight is 341 g/mol. The Morgan fingerprint density at radius 3 is 1.24 bits per heavy atom. The Labute approximate surface area is 148 Å². The molecule has 0 saturated heterocycles. The number of rotatable bonds is 0. The molecule has 0 saturated carbocycles. The van der Waals surface area contributed by atoms with Gasteiger partial charge in [-0.3, -0.25) is 48.7 Å². The van der Waals surface area contributed by atoms with E-state index in [2.05, 4.69) is 44.6 Å². The summed E-state index contributed by atoms with van der Waals surface area (Å²) in [7, 11) is 3.08. The third kappa shape index (κ3) is 5.51. The van der Waals surface area contributed by atoms with Crippen LogP contribution in [0.25, 0.3) is 0 Å². The van der Waals surface area contributed by atoms with Crippen molar-refractivity contribution in [2.75, 3.05) is 0 Å². The summed E-state index contributed by atoms with van der Waals surface area (Å²) >= 11 is 9.28. The van der Waals surface area contributed by atoms with Gasteiger partial charge in [0, 0.05) is 43.7 Å². The van der Waals surface area contributed by atoms with Crippen molar-refractivity contribution in [2.24, 2.45) is 14.1 Å². The van der Waals surface area contributed by atoms with Crippen LogP contribution in [0.15, 0.2) is 19.2 Å². The molecular formula is C8H10N6NaO4S2. The molecule has 4 N–H and O–H groups in total. The normalized spacial score (nSPS) is 9.24. The summed E-state index contributed by atoms with van der Waals surface area (Å²) in [6.45, 7) is 0. The minimum atomic E-state index is -0.719. The van der Waals surface area contributed by atoms with Gasteiger partial charge in [-0.1, -0.05) is 0 Å². The molecule has 13 heteroatoms. The number of aromatic amines is 4. The summed E-state index contributed by atoms with van der Waals surface area (Å²) in [5.41, 5.74) is -2.83. The molecule has 21 heavy (non-hydrogen) atoms. The second kappa shape index (κ2) is 8.19. The smallest absolute Gasteiger partial charge is 0.293 e. The van der Waals surface area contributed by atoms with Gasteiger partial charge >= 0.3 is 22.2 Å². The summed E-state index contributed by atoms with van der Waals surface area (Å²) < 4.78 is 2.92. The molecule has 2 rings (SSSR count). The van der Waals surface area contributed by atoms with Gasteiger partial charge in [0.05, 0.1) is 0 Å². The second-order valence-corrected chi connectivity index (χ2v) is 4.29. The molecule has 2 aromatic heterocycles. The van der Waals surface area contributed by atoms with Crippen LogP contribution in [0.2, 0.25) is 0 Å². The minimum absolute atomic E-state index is 0. The first-order valence-corrected chi connectivity index (χ1v) is 5.83. The van der Waals surface area contributed by atoms with Gasteiger partial charge < -0.3 is 0 Å². The van der Waals surface area contributed by atoms with Gasteiger partial charge in [-0.2, -0.15) is 0 Å². The van der Waals surface area contributed by atoms with E-state index in [0.29, 0.717) is 0 Å². The molecule has 0 unspecified atom stereocenters. The predicted octanol–water partition coefficient (Wildman–Crippen LogP) is -2.12. The molecule has 0 amide bonds. The van der Waals surface area contributed by atoms with Crippen molar-refractivity contribution < 1.29 is 0 Å². The molecule has 0 bridgehead atoms. The van der Waals surface area contributed by atoms with E-state index in [1.807, 2.05) is 0 Å². The molecular weight excluding hydrogens is 331 g/mol. The van der Waals surface area contributed by atoms with Gasteiger partial charge in [0.25, 0.3) is 0 Å². The summed E-state index contributed by atoms with van der Waals surface area (Å²) in [6.07, 6.45) is 0. The first-order chi connectivity index (χ1) is 9.22. The second-order valence-electron chi connectivity index (χ2n) is 3.52. The molecule has 0 aliphatic rings. The summed E-state index contributed by atoms with van der Waals surface area (Å²) in [6, 6.07) is 0. The molecule has 0 aliphatic heterocycles. The number of aromatic nitrogens is 6. The van der Waals surface area contributed by atoms with Gasteiger partial charge in [0.2, 0.25) is 0 Å². The Hall–Kier alpha value is -1.34. The topological polar surface area (TPSA) is 141 Å². The SMILES string of the molecule is Cn1[nH]c(=O)c(=O)[nH]c1=S.Cn1[nH]c(=O)c(=O)[nH]c1=S.[Na]. The maximum absolute atomic E-state index is 10.5. The average Bonchev–Trinajstić information content (AvgIpc) is 2.35. The van der Waals surface area contributed by atoms with Crippen molar-refractivity contribution in [2.45, 2.75) is 0 Å². The zero-order chi connectivity index (χ0) is 15.4. The molecule has 0 fully saturated rings. The van der Waals surface area contributed by atoms with Gasteiger partial charge in [-0.15, -0.1) is 0 Å². The van der Waals surface area contributed by atoms with E-state index in [9.17, 15) is 19.2 Å². The molecule has 1 radical (unpaired) electrons. The van der Waals surface area contributed by atoms with Gasteiger partial charge in [0.15, 0.2) is 9.54 Å². The van der Waals surface area contributed by atoms with Crippen molar-refractivity contribution in [3.05, 3.63) is 51.0 Å². The first kappa shape index (κ1) is 19.7. The molecule has 2 heterocycles. The van der Waals surface area contributed by atoms with E-state index in [4.69, 9.17) is 0 Å². The van der Waals surface area contributed by atoms with Crippen LogP contribution in [0.4, 0.5) is 0 Å². The van der Waals surface area contributed by atoms with Crippen molar-refractivity contribution in [1.29, 1.82) is 0 Å². The van der Waals surface area contributed by atoms with E-state index < -0.39 is 22.2 Å². The van der Waals surface area contributed by atoms with Crippen LogP contribution in [0.3, 0.4) is 0 Å². The zero-order valence-electron chi connectivity index (χ0n) is 11.3. The van der Waals surface area contributed by atoms with E-state index in [0.717, 1.165) is 0 Å². The quantitative estimate of drug-likeness (QED) is 0.245. The zero-order valence-corrected chi connectivity index (χ0v) is 15.0. The van der Waals surface area contributed by atoms with Crippen LogP contribution in [0.5, 0.6) is 0 Å². The van der Waals surface area contributed by atoms with Crippen molar-refractivity contribution >= 4 is 54.0 Å². The molecule has 0 atom stereocenters. The molecule has 2 aromatic rings. The number of aryl methyl sites for hydroxylation is 2. The van der Waals surface area contributed by atoms with Crippen LogP contribution in [-0.4, -0.2) is 59.1 Å². The van der Waals surface area contributed by atoms with Crippen molar-refractivity contribution in [3.8, 4) is 0 Å². The van der Waals surface area contributed by atoms with Gasteiger partial charge in [-0.25, -0.2) is 0 Å². The fraction of sp³-hybridized carbons (Fsp3) is 0.250. The van der Waals surface area contributed by atoms with Crippen molar-refractivity contribution in [3.63, 3.8) is 0 Å². The van der Waals surface area contributed by atoms with E-state index in [1.165, 1.54) is 9.36 Å². The fourth-order valence-corrected chi connectivity index (χ4v) is 1.26. The Morgan fingerprint density at radius 1 is 0.714 bits per heavy atom. The Morgan fingerprint density at radius 2 is 1.00 bits per heavy atom. The largest absolute Gasteiger partial charge is 0.328 e. The predicted molar refractivity (Wildman–Crippen MR) is 80.7 cm³/mol. The minimum Gasteiger partial charge on any atom is -0.293 e. The van der Waals surface area contributed by atoms with Gasteiger partial charge in [0.1, 0.15) is 0 Å². The van der Waals surface area contributed by atoms with Crippen LogP contribution < -0.4 is 22.2 Å². The third-order valence-corrected chi connectivity index (χ3v) is 2.75. The maximum Gasteiger partial charge on any atom is 0.328 e. The third-order valence-electron chi connectivity index (χ3n) is 2.00. The molecule has 0 aliphatic carbocycles. The Balaban J connectivity index is 0.000000364. The van der Waals surface area contributed by atoms with Crippen molar-refractivity contribution in [1.82, 2.24) is 29.5 Å². The first-order valence-electron chi connectivity index (χ1n) is 5.01. The van der Waals surface area contributed by atoms with Gasteiger partial charge in [-0.05, 0) is 24.4 Å². The van der Waals surface area contributed by atoms with E-state index in [-0.39, 0.29) is 39.1 Å². The number of H-pyrrole nitrogens is 4. The molecule has 10 nitrogen and oxygen atoms in total. The van der Waals surface area contributed by atoms with Crippen LogP contribution >= 0.6 is 24.4 Å². The number of nitrogens with one attached hydrogen (secondary N) is 4. The van der Waals surface area contributed by atoms with E-state index in [1.54, 1.807) is 14.1 Å². The Kier molecular flexibility index (Phi) is 7.67. The van der Waals surface area contributed by atoms with Crippen LogP contribution in [-0.2, 0) is 14.1 Å². The number of hydrogen-bond acceptors (Lipinski definition) is 6. The Bertz CT molecular complexity index is 881. The number of hydrogen-bond donors (Lipinski definition) is 4. The standard InChI is InChI=1S/2C4H5N3O2S.Na/c2*1-7-4(10)5-2(8)3(9)6-7;/h2*1H3,(H,6,9)(H,5,8,10);. The van der Waals surface area contributed by atoms with E-state index >= 15 is 0 Å². The van der Waals surface area contributed by atoms with Crippen LogP contribution in [0.1, 0.15) is 0 Å². The molecule has 109 valence electrons. The number of nitrogens with zero attached hydrogens (tertiary/aromatic N) is 2. The molecule has 0 spiro atoms.